The van der Waals surface area contributed by atoms with Crippen LogP contribution in [0.5, 0.6) is 0 Å². The Hall–Kier alpha value is -0.700. The van der Waals surface area contributed by atoms with Gasteiger partial charge in [-0.05, 0) is 37.5 Å². The van der Waals surface area contributed by atoms with Gasteiger partial charge in [0.05, 0.1) is 6.10 Å². The molecular weight excluding hydrogens is 240 g/mol. The molecule has 0 aromatic carbocycles. The van der Waals surface area contributed by atoms with Crippen molar-refractivity contribution in [1.29, 1.82) is 0 Å². The zero-order valence-electron chi connectivity index (χ0n) is 12.4. The predicted molar refractivity (Wildman–Crippen MR) is 73.9 cm³/mol. The smallest absolute Gasteiger partial charge is 0.139 e. The molecule has 2 saturated carbocycles. The van der Waals surface area contributed by atoms with Gasteiger partial charge in [-0.2, -0.15) is 0 Å². The highest BCUT2D eigenvalue weighted by atomic mass is 16.5. The first-order chi connectivity index (χ1) is 9.02. The van der Waals surface area contributed by atoms with E-state index in [0.29, 0.717) is 36.2 Å². The summed E-state index contributed by atoms with van der Waals surface area (Å²) in [5.74, 6) is 1.55. The van der Waals surface area contributed by atoms with Crippen LogP contribution in [0, 0.1) is 17.3 Å². The number of carbonyl (C=O) groups is 2. The first-order valence-corrected chi connectivity index (χ1v) is 7.60. The molecule has 0 radical (unpaired) electrons. The van der Waals surface area contributed by atoms with E-state index in [-0.39, 0.29) is 11.5 Å². The van der Waals surface area contributed by atoms with Crippen molar-refractivity contribution in [3.63, 3.8) is 0 Å². The van der Waals surface area contributed by atoms with Crippen molar-refractivity contribution in [1.82, 2.24) is 0 Å². The first-order valence-electron chi connectivity index (χ1n) is 7.60. The molecule has 0 aromatic rings. The molecule has 2 fully saturated rings. The van der Waals surface area contributed by atoms with Crippen LogP contribution in [0.25, 0.3) is 0 Å². The lowest BCUT2D eigenvalue weighted by atomic mass is 9.62. The third-order valence-electron chi connectivity index (χ3n) is 5.53. The topological polar surface area (TPSA) is 43.4 Å². The molecule has 2 aliphatic carbocycles. The molecule has 0 bridgehead atoms. The number of ketones is 2. The summed E-state index contributed by atoms with van der Waals surface area (Å²) < 4.78 is 5.64. The van der Waals surface area contributed by atoms with Crippen LogP contribution in [0.1, 0.15) is 58.8 Å². The molecule has 3 nitrogen and oxygen atoms in total. The van der Waals surface area contributed by atoms with E-state index in [2.05, 4.69) is 6.92 Å². The summed E-state index contributed by atoms with van der Waals surface area (Å²) >= 11 is 0. The highest BCUT2D eigenvalue weighted by Gasteiger charge is 2.53. The van der Waals surface area contributed by atoms with E-state index in [1.165, 1.54) is 0 Å². The Morgan fingerprint density at radius 2 is 2.16 bits per heavy atom. The maximum atomic E-state index is 12.2. The zero-order valence-corrected chi connectivity index (χ0v) is 12.4. The number of ether oxygens (including phenoxy) is 1. The van der Waals surface area contributed by atoms with Crippen molar-refractivity contribution in [3.8, 4) is 0 Å². The Morgan fingerprint density at radius 3 is 2.79 bits per heavy atom. The predicted octanol–water partition coefficient (Wildman–Crippen LogP) is 3.16. The standard InChI is InChI=1S/C16H26O3/c1-4-11(17)5-6-12-13-7-8-15(18)16(13,2)10-9-14(12)19-3/h12-14H,4-10H2,1-3H3/t12-,13?,14?,16-/m0/s1. The van der Waals surface area contributed by atoms with Crippen molar-refractivity contribution in [3.05, 3.63) is 0 Å². The van der Waals surface area contributed by atoms with E-state index in [1.807, 2.05) is 6.92 Å². The minimum absolute atomic E-state index is 0.144. The van der Waals surface area contributed by atoms with Crippen LogP contribution in [-0.4, -0.2) is 24.8 Å². The number of carbonyl (C=O) groups excluding carboxylic acids is 2. The van der Waals surface area contributed by atoms with Gasteiger partial charge in [0.25, 0.3) is 0 Å². The fourth-order valence-electron chi connectivity index (χ4n) is 4.21. The van der Waals surface area contributed by atoms with Gasteiger partial charge >= 0.3 is 0 Å². The summed E-state index contributed by atoms with van der Waals surface area (Å²) in [5, 5.41) is 0. The largest absolute Gasteiger partial charge is 0.381 e. The molecule has 108 valence electrons. The number of hydrogen-bond acceptors (Lipinski definition) is 3. The summed E-state index contributed by atoms with van der Waals surface area (Å²) in [7, 11) is 1.76. The average Bonchev–Trinajstić information content (AvgIpc) is 2.72. The average molecular weight is 266 g/mol. The molecule has 0 spiro atoms. The molecule has 0 aromatic heterocycles. The van der Waals surface area contributed by atoms with Crippen LogP contribution in [-0.2, 0) is 14.3 Å². The lowest BCUT2D eigenvalue weighted by Gasteiger charge is -2.44. The second-order valence-corrected chi connectivity index (χ2v) is 6.39. The molecule has 0 amide bonds. The fraction of sp³-hybridized carbons (Fsp3) is 0.875. The SMILES string of the molecule is CCC(=O)CC[C@@H]1C(OC)CC[C@]2(C)C(=O)CCC12. The minimum Gasteiger partial charge on any atom is -0.381 e. The Labute approximate surface area is 116 Å². The van der Waals surface area contributed by atoms with Gasteiger partial charge in [-0.1, -0.05) is 13.8 Å². The summed E-state index contributed by atoms with van der Waals surface area (Å²) in [5.41, 5.74) is -0.144. The van der Waals surface area contributed by atoms with Gasteiger partial charge in [0.15, 0.2) is 0 Å². The fourth-order valence-corrected chi connectivity index (χ4v) is 4.21. The third kappa shape index (κ3) is 2.62. The lowest BCUT2D eigenvalue weighted by molar-refractivity contribution is -0.133. The molecule has 2 unspecified atom stereocenters. The molecule has 0 N–H and O–H groups in total. The summed E-state index contributed by atoms with van der Waals surface area (Å²) in [4.78, 5) is 23.7. The molecule has 0 heterocycles. The molecule has 19 heavy (non-hydrogen) atoms. The molecule has 4 atom stereocenters. The second kappa shape index (κ2) is 5.74. The van der Waals surface area contributed by atoms with E-state index >= 15 is 0 Å². The maximum Gasteiger partial charge on any atom is 0.139 e. The Morgan fingerprint density at radius 1 is 1.42 bits per heavy atom. The Kier molecular flexibility index (Phi) is 4.44. The van der Waals surface area contributed by atoms with Crippen molar-refractivity contribution in [2.24, 2.45) is 17.3 Å². The van der Waals surface area contributed by atoms with Gasteiger partial charge in [-0.15, -0.1) is 0 Å². The lowest BCUT2D eigenvalue weighted by Crippen LogP contribution is -2.44. The minimum atomic E-state index is -0.144. The van der Waals surface area contributed by atoms with Crippen molar-refractivity contribution >= 4 is 11.6 Å². The van der Waals surface area contributed by atoms with E-state index in [0.717, 1.165) is 32.1 Å². The highest BCUT2D eigenvalue weighted by Crippen LogP contribution is 2.54. The summed E-state index contributed by atoms with van der Waals surface area (Å²) in [6.45, 7) is 4.05. The quantitative estimate of drug-likeness (QED) is 0.767. The number of Topliss-reactive ketones (excluding diaryl/α,β-unsaturated/α-hetero) is 2. The normalized spacial score (nSPS) is 38.3. The van der Waals surface area contributed by atoms with Crippen LogP contribution in [0.4, 0.5) is 0 Å². The van der Waals surface area contributed by atoms with Crippen LogP contribution >= 0.6 is 0 Å². The van der Waals surface area contributed by atoms with E-state index in [9.17, 15) is 9.59 Å². The monoisotopic (exact) mass is 266 g/mol. The van der Waals surface area contributed by atoms with Crippen LogP contribution < -0.4 is 0 Å². The summed E-state index contributed by atoms with van der Waals surface area (Å²) in [6.07, 6.45) is 5.99. The third-order valence-corrected chi connectivity index (χ3v) is 5.53. The van der Waals surface area contributed by atoms with Gasteiger partial charge in [0.1, 0.15) is 11.6 Å². The molecule has 2 rings (SSSR count). The van der Waals surface area contributed by atoms with Gasteiger partial charge in [0.2, 0.25) is 0 Å². The van der Waals surface area contributed by atoms with Crippen molar-refractivity contribution in [2.75, 3.05) is 7.11 Å². The van der Waals surface area contributed by atoms with Crippen LogP contribution in [0.3, 0.4) is 0 Å². The van der Waals surface area contributed by atoms with Gasteiger partial charge in [0, 0.05) is 31.8 Å². The molecule has 2 aliphatic rings. The summed E-state index contributed by atoms with van der Waals surface area (Å²) in [6, 6.07) is 0. The number of rotatable bonds is 5. The first kappa shape index (κ1) is 14.7. The number of fused-ring (bicyclic) bond motifs is 1. The zero-order chi connectivity index (χ0) is 14.0. The molecule has 0 saturated heterocycles. The number of methoxy groups -OCH3 is 1. The molecule has 0 aliphatic heterocycles. The van der Waals surface area contributed by atoms with Gasteiger partial charge in [-0.3, -0.25) is 9.59 Å². The van der Waals surface area contributed by atoms with Crippen molar-refractivity contribution < 1.29 is 14.3 Å². The van der Waals surface area contributed by atoms with E-state index in [4.69, 9.17) is 4.74 Å². The van der Waals surface area contributed by atoms with Gasteiger partial charge < -0.3 is 4.74 Å². The molecular formula is C16H26O3. The van der Waals surface area contributed by atoms with Crippen LogP contribution in [0.2, 0.25) is 0 Å². The van der Waals surface area contributed by atoms with Gasteiger partial charge in [-0.25, -0.2) is 0 Å². The molecule has 3 heteroatoms. The number of hydrogen-bond donors (Lipinski definition) is 0. The van der Waals surface area contributed by atoms with Crippen LogP contribution in [0.15, 0.2) is 0 Å². The van der Waals surface area contributed by atoms with E-state index < -0.39 is 0 Å². The second-order valence-electron chi connectivity index (χ2n) is 6.39. The Bertz CT molecular complexity index is 363. The Balaban J connectivity index is 2.11. The maximum absolute atomic E-state index is 12.2. The van der Waals surface area contributed by atoms with Crippen molar-refractivity contribution in [2.45, 2.75) is 64.9 Å². The highest BCUT2D eigenvalue weighted by molar-refractivity contribution is 5.87. The van der Waals surface area contributed by atoms with E-state index in [1.54, 1.807) is 7.11 Å².